The molecular formula is C24H27Cl2FN2O4. The fourth-order valence-electron chi connectivity index (χ4n) is 3.55. The van der Waals surface area contributed by atoms with Crippen LogP contribution in [0.5, 0.6) is 0 Å². The summed E-state index contributed by atoms with van der Waals surface area (Å²) in [6.45, 7) is 2.58. The first kappa shape index (κ1) is 25.4. The maximum absolute atomic E-state index is 14.3. The maximum Gasteiger partial charge on any atom is 0.305 e. The Balaban J connectivity index is 1.63. The molecule has 2 aromatic carbocycles. The van der Waals surface area contributed by atoms with E-state index in [2.05, 4.69) is 5.16 Å². The predicted molar refractivity (Wildman–Crippen MR) is 126 cm³/mol. The number of benzene rings is 2. The zero-order valence-corrected chi connectivity index (χ0v) is 19.9. The molecule has 0 fully saturated rings. The van der Waals surface area contributed by atoms with Gasteiger partial charge in [0.05, 0.1) is 15.8 Å². The fraction of sp³-hybridized carbons (Fsp3) is 0.417. The van der Waals surface area contributed by atoms with Crippen molar-refractivity contribution >= 4 is 34.9 Å². The number of hydrogen-bond donors (Lipinski definition) is 1. The number of aliphatic hydroxyl groups is 1. The van der Waals surface area contributed by atoms with E-state index in [-0.39, 0.29) is 37.6 Å². The van der Waals surface area contributed by atoms with Gasteiger partial charge >= 0.3 is 5.97 Å². The lowest BCUT2D eigenvalue weighted by Crippen LogP contribution is -2.39. The summed E-state index contributed by atoms with van der Waals surface area (Å²) in [5.41, 5.74) is 2.05. The molecule has 2 atom stereocenters. The number of rotatable bonds is 11. The third-order valence-electron chi connectivity index (χ3n) is 5.16. The van der Waals surface area contributed by atoms with E-state index in [0.29, 0.717) is 41.4 Å². The third-order valence-corrected chi connectivity index (χ3v) is 5.90. The first-order valence-electron chi connectivity index (χ1n) is 10.8. The molecule has 1 aliphatic heterocycles. The van der Waals surface area contributed by atoms with Crippen LogP contribution in [0.1, 0.15) is 37.3 Å². The monoisotopic (exact) mass is 496 g/mol. The van der Waals surface area contributed by atoms with Crippen LogP contribution in [0.4, 0.5) is 4.39 Å². The number of nitrogens with zero attached hydrogens (tertiary/aromatic N) is 2. The number of esters is 1. The molecule has 33 heavy (non-hydrogen) atoms. The van der Waals surface area contributed by atoms with Crippen molar-refractivity contribution in [1.29, 1.82) is 0 Å². The Morgan fingerprint density at radius 3 is 2.82 bits per heavy atom. The molecule has 0 aliphatic carbocycles. The summed E-state index contributed by atoms with van der Waals surface area (Å²) in [4.78, 5) is 19.1. The van der Waals surface area contributed by atoms with Crippen molar-refractivity contribution in [2.75, 3.05) is 19.7 Å². The van der Waals surface area contributed by atoms with Crippen molar-refractivity contribution in [2.45, 2.75) is 44.9 Å². The normalized spacial score (nSPS) is 16.4. The first-order chi connectivity index (χ1) is 15.9. The molecule has 0 spiro atoms. The summed E-state index contributed by atoms with van der Waals surface area (Å²) in [6, 6.07) is 11.7. The van der Waals surface area contributed by atoms with E-state index in [4.69, 9.17) is 32.8 Å². The topological polar surface area (TPSA) is 71.4 Å². The van der Waals surface area contributed by atoms with Crippen LogP contribution >= 0.6 is 23.2 Å². The molecule has 1 N–H and O–H groups in total. The molecular weight excluding hydrogens is 470 g/mol. The number of hydrogen-bond acceptors (Lipinski definition) is 6. The van der Waals surface area contributed by atoms with Crippen LogP contribution < -0.4 is 0 Å². The van der Waals surface area contributed by atoms with Gasteiger partial charge in [-0.05, 0) is 24.6 Å². The Bertz CT molecular complexity index is 989. The van der Waals surface area contributed by atoms with Crippen molar-refractivity contribution in [1.82, 2.24) is 4.90 Å². The Labute approximate surface area is 202 Å². The average molecular weight is 497 g/mol. The predicted octanol–water partition coefficient (Wildman–Crippen LogP) is 4.83. The summed E-state index contributed by atoms with van der Waals surface area (Å²) < 4.78 is 19.4. The Kier molecular flexibility index (Phi) is 9.50. The van der Waals surface area contributed by atoms with Crippen molar-refractivity contribution in [2.24, 2.45) is 5.16 Å². The van der Waals surface area contributed by atoms with Gasteiger partial charge in [-0.25, -0.2) is 4.39 Å². The van der Waals surface area contributed by atoms with Crippen LogP contribution in [-0.4, -0.2) is 53.6 Å². The highest BCUT2D eigenvalue weighted by atomic mass is 35.5. The van der Waals surface area contributed by atoms with Crippen molar-refractivity contribution < 1.29 is 23.9 Å². The molecule has 0 radical (unpaired) electrons. The number of halogens is 3. The van der Waals surface area contributed by atoms with Gasteiger partial charge in [0, 0.05) is 43.6 Å². The molecule has 0 saturated carbocycles. The van der Waals surface area contributed by atoms with Gasteiger partial charge in [0.25, 0.3) is 0 Å². The highest BCUT2D eigenvalue weighted by molar-refractivity contribution is 6.42. The fourth-order valence-corrected chi connectivity index (χ4v) is 3.85. The maximum atomic E-state index is 14.3. The molecule has 9 heteroatoms. The second-order valence-electron chi connectivity index (χ2n) is 7.97. The smallest absolute Gasteiger partial charge is 0.305 e. The van der Waals surface area contributed by atoms with Gasteiger partial charge in [0.15, 0.2) is 0 Å². The van der Waals surface area contributed by atoms with E-state index in [1.54, 1.807) is 30.3 Å². The summed E-state index contributed by atoms with van der Waals surface area (Å²) in [6.07, 6.45) is 0.281. The van der Waals surface area contributed by atoms with Gasteiger partial charge < -0.3 is 14.7 Å². The van der Waals surface area contributed by atoms with E-state index in [1.165, 1.54) is 6.07 Å². The van der Waals surface area contributed by atoms with Gasteiger partial charge in [-0.15, -0.1) is 0 Å². The van der Waals surface area contributed by atoms with Crippen molar-refractivity contribution in [3.63, 3.8) is 0 Å². The minimum atomic E-state index is -0.922. The highest BCUT2D eigenvalue weighted by Gasteiger charge is 2.26. The molecule has 2 aromatic rings. The zero-order chi connectivity index (χ0) is 23.8. The van der Waals surface area contributed by atoms with Crippen LogP contribution in [0.15, 0.2) is 47.6 Å². The number of aliphatic hydroxyl groups excluding tert-OH is 1. The Morgan fingerprint density at radius 1 is 1.30 bits per heavy atom. The van der Waals surface area contributed by atoms with Crippen LogP contribution in [0.2, 0.25) is 10.0 Å². The number of carbonyl (C=O) groups excluding carboxylic acids is 1. The third kappa shape index (κ3) is 7.67. The standard InChI is InChI=1S/C24H27Cl2FN2O4/c1-2-5-24(31)32-15-18(30)13-29(12-17-6-3-4-7-22(17)27)14-19-11-23(28-33-19)16-8-9-20(25)21(26)10-16/h3-4,6-10,18-19,30H,2,5,11-15H2,1H3/t18-,19-/m0/s1. The lowest BCUT2D eigenvalue weighted by Gasteiger charge is -2.27. The van der Waals surface area contributed by atoms with E-state index in [1.807, 2.05) is 17.9 Å². The molecule has 0 bridgehead atoms. The highest BCUT2D eigenvalue weighted by Crippen LogP contribution is 2.26. The average Bonchev–Trinajstić information content (AvgIpc) is 3.24. The van der Waals surface area contributed by atoms with Crippen molar-refractivity contribution in [3.05, 3.63) is 69.5 Å². The van der Waals surface area contributed by atoms with Gasteiger partial charge in [-0.3, -0.25) is 9.69 Å². The first-order valence-corrected chi connectivity index (χ1v) is 11.6. The zero-order valence-electron chi connectivity index (χ0n) is 18.3. The van der Waals surface area contributed by atoms with Gasteiger partial charge in [0.1, 0.15) is 24.6 Å². The summed E-state index contributed by atoms with van der Waals surface area (Å²) in [7, 11) is 0. The van der Waals surface area contributed by atoms with Crippen LogP contribution in [0, 0.1) is 5.82 Å². The van der Waals surface area contributed by atoms with Crippen molar-refractivity contribution in [3.8, 4) is 0 Å². The largest absolute Gasteiger partial charge is 0.463 e. The molecule has 1 aliphatic rings. The summed E-state index contributed by atoms with van der Waals surface area (Å²) in [5, 5.41) is 15.5. The molecule has 178 valence electrons. The molecule has 0 amide bonds. The Hall–Kier alpha value is -2.19. The summed E-state index contributed by atoms with van der Waals surface area (Å²) in [5.74, 6) is -0.678. The van der Waals surface area contributed by atoms with Crippen LogP contribution in [0.3, 0.4) is 0 Å². The second-order valence-corrected chi connectivity index (χ2v) is 8.79. The molecule has 0 saturated heterocycles. The van der Waals surface area contributed by atoms with Crippen LogP contribution in [0.25, 0.3) is 0 Å². The number of ether oxygens (including phenoxy) is 1. The Morgan fingerprint density at radius 2 is 2.09 bits per heavy atom. The van der Waals surface area contributed by atoms with Crippen LogP contribution in [-0.2, 0) is 20.9 Å². The number of carbonyl (C=O) groups is 1. The quantitative estimate of drug-likeness (QED) is 0.451. The van der Waals surface area contributed by atoms with E-state index in [0.717, 1.165) is 11.3 Å². The van der Waals surface area contributed by atoms with Gasteiger partial charge in [-0.2, -0.15) is 0 Å². The molecule has 1 heterocycles. The molecule has 3 rings (SSSR count). The van der Waals surface area contributed by atoms with E-state index >= 15 is 0 Å². The lowest BCUT2D eigenvalue weighted by atomic mass is 10.0. The SMILES string of the molecule is CCCC(=O)OC[C@@H](O)CN(Cc1ccccc1F)C[C@@H]1CC(c2ccc(Cl)c(Cl)c2)=NO1. The number of oxime groups is 1. The second kappa shape index (κ2) is 12.3. The minimum absolute atomic E-state index is 0.122. The van der Waals surface area contributed by atoms with E-state index < -0.39 is 6.10 Å². The minimum Gasteiger partial charge on any atom is -0.463 e. The molecule has 0 aromatic heterocycles. The van der Waals surface area contributed by atoms with Gasteiger partial charge in [0.2, 0.25) is 0 Å². The lowest BCUT2D eigenvalue weighted by molar-refractivity contribution is -0.147. The van der Waals surface area contributed by atoms with Gasteiger partial charge in [-0.1, -0.05) is 59.5 Å². The van der Waals surface area contributed by atoms with E-state index in [9.17, 15) is 14.3 Å². The summed E-state index contributed by atoms with van der Waals surface area (Å²) >= 11 is 12.1. The molecule has 0 unspecified atom stereocenters. The molecule has 6 nitrogen and oxygen atoms in total.